The number of anilines is 1. The van der Waals surface area contributed by atoms with E-state index in [1.165, 1.54) is 18.2 Å². The largest absolute Gasteiger partial charge is 0.367 e. The lowest BCUT2D eigenvalue weighted by Gasteiger charge is -2.36. The topological polar surface area (TPSA) is 74.5 Å². The van der Waals surface area contributed by atoms with Crippen molar-refractivity contribution in [2.75, 3.05) is 44.2 Å². The molecule has 0 aliphatic carbocycles. The normalized spacial score (nSPS) is 14.1. The zero-order valence-corrected chi connectivity index (χ0v) is 19.5. The number of nitrogens with zero attached hydrogens (tertiary/aromatic N) is 4. The number of hydrogen-bond acceptors (Lipinski definition) is 6. The highest BCUT2D eigenvalue weighted by molar-refractivity contribution is 5.95. The maximum Gasteiger partial charge on any atom is 0.258 e. The number of carbonyl (C=O) groups excluding carboxylic acids is 1. The molecule has 1 saturated heterocycles. The van der Waals surface area contributed by atoms with Crippen molar-refractivity contribution >= 4 is 11.6 Å². The van der Waals surface area contributed by atoms with Crippen molar-refractivity contribution in [1.29, 1.82) is 0 Å². The maximum atomic E-state index is 14.0. The molecular weight excluding hydrogens is 464 g/mol. The molecule has 36 heavy (non-hydrogen) atoms. The van der Waals surface area contributed by atoms with Gasteiger partial charge >= 0.3 is 0 Å². The number of amides is 1. The van der Waals surface area contributed by atoms with Gasteiger partial charge in [-0.05, 0) is 54.6 Å². The number of benzene rings is 3. The minimum absolute atomic E-state index is 0.194. The number of piperazine rings is 1. The fourth-order valence-corrected chi connectivity index (χ4v) is 4.20. The Bertz CT molecular complexity index is 1330. The molecule has 4 aromatic rings. The fourth-order valence-electron chi connectivity index (χ4n) is 4.20. The van der Waals surface area contributed by atoms with Gasteiger partial charge in [0.15, 0.2) is 0 Å². The lowest BCUT2D eigenvalue weighted by atomic mass is 10.1. The maximum absolute atomic E-state index is 14.0. The Morgan fingerprint density at radius 1 is 0.917 bits per heavy atom. The molecule has 1 aliphatic heterocycles. The van der Waals surface area contributed by atoms with Crippen molar-refractivity contribution in [3.05, 3.63) is 90.0 Å². The van der Waals surface area contributed by atoms with E-state index in [1.54, 1.807) is 48.5 Å². The van der Waals surface area contributed by atoms with Gasteiger partial charge in [0.25, 0.3) is 11.8 Å². The molecule has 1 N–H and O–H groups in total. The molecule has 0 radical (unpaired) electrons. The average molecular weight is 490 g/mol. The second-order valence-corrected chi connectivity index (χ2v) is 8.55. The van der Waals surface area contributed by atoms with Gasteiger partial charge in [-0.3, -0.25) is 9.69 Å². The summed E-state index contributed by atoms with van der Waals surface area (Å²) in [4.78, 5) is 21.4. The first-order chi connectivity index (χ1) is 17.6. The Kier molecular flexibility index (Phi) is 6.99. The van der Waals surface area contributed by atoms with Crippen LogP contribution in [0.15, 0.2) is 77.3 Å². The summed E-state index contributed by atoms with van der Waals surface area (Å²) in [6, 6.07) is 19.6. The number of rotatable bonds is 7. The van der Waals surface area contributed by atoms with Crippen molar-refractivity contribution in [3.63, 3.8) is 0 Å². The van der Waals surface area contributed by atoms with Crippen LogP contribution in [0.3, 0.4) is 0 Å². The molecule has 9 heteroatoms. The molecule has 0 unspecified atom stereocenters. The first kappa shape index (κ1) is 23.6. The third kappa shape index (κ3) is 5.41. The van der Waals surface area contributed by atoms with Crippen LogP contribution in [-0.4, -0.2) is 60.2 Å². The number of para-hydroxylation sites is 1. The Hall–Kier alpha value is -4.11. The predicted octanol–water partition coefficient (Wildman–Crippen LogP) is 4.23. The summed E-state index contributed by atoms with van der Waals surface area (Å²) < 4.78 is 32.5. The van der Waals surface area contributed by atoms with Gasteiger partial charge < -0.3 is 14.7 Å². The number of halogens is 2. The molecule has 1 amide bonds. The van der Waals surface area contributed by atoms with Crippen molar-refractivity contribution in [3.8, 4) is 22.8 Å². The average Bonchev–Trinajstić information content (AvgIpc) is 3.40. The zero-order valence-electron chi connectivity index (χ0n) is 19.5. The van der Waals surface area contributed by atoms with Crippen LogP contribution in [0.1, 0.15) is 10.4 Å². The minimum atomic E-state index is -0.342. The predicted molar refractivity (Wildman–Crippen MR) is 133 cm³/mol. The Labute approximate surface area is 207 Å². The second kappa shape index (κ2) is 10.7. The monoisotopic (exact) mass is 489 g/mol. The van der Waals surface area contributed by atoms with Crippen LogP contribution >= 0.6 is 0 Å². The van der Waals surface area contributed by atoms with Gasteiger partial charge in [-0.15, -0.1) is 0 Å². The van der Waals surface area contributed by atoms with Gasteiger partial charge in [0, 0.05) is 56.0 Å². The molecule has 0 bridgehead atoms. The third-order valence-corrected chi connectivity index (χ3v) is 6.18. The summed E-state index contributed by atoms with van der Waals surface area (Å²) in [5.74, 6) is -0.120. The smallest absolute Gasteiger partial charge is 0.258 e. The van der Waals surface area contributed by atoms with Gasteiger partial charge in [0.2, 0.25) is 5.82 Å². The quantitative estimate of drug-likeness (QED) is 0.419. The summed E-state index contributed by atoms with van der Waals surface area (Å²) in [5.41, 5.74) is 2.37. The Morgan fingerprint density at radius 2 is 1.69 bits per heavy atom. The summed E-state index contributed by atoms with van der Waals surface area (Å²) in [7, 11) is 0. The molecule has 0 spiro atoms. The molecule has 1 aromatic heterocycles. The highest BCUT2D eigenvalue weighted by atomic mass is 19.1. The molecule has 0 saturated carbocycles. The lowest BCUT2D eigenvalue weighted by molar-refractivity contribution is 0.0947. The molecule has 3 aromatic carbocycles. The van der Waals surface area contributed by atoms with E-state index in [2.05, 4.69) is 25.3 Å². The van der Waals surface area contributed by atoms with E-state index in [0.717, 1.165) is 26.2 Å². The van der Waals surface area contributed by atoms with E-state index in [4.69, 9.17) is 4.52 Å². The summed E-state index contributed by atoms with van der Waals surface area (Å²) in [6.45, 7) is 4.28. The molecule has 5 rings (SSSR count). The summed E-state index contributed by atoms with van der Waals surface area (Å²) >= 11 is 0. The van der Waals surface area contributed by atoms with Gasteiger partial charge in [-0.25, -0.2) is 8.78 Å². The van der Waals surface area contributed by atoms with Gasteiger partial charge in [0.05, 0.1) is 5.69 Å². The number of hydrogen-bond donors (Lipinski definition) is 1. The van der Waals surface area contributed by atoms with Gasteiger partial charge in [-0.1, -0.05) is 23.4 Å². The number of nitrogens with one attached hydrogen (secondary N) is 1. The highest BCUT2D eigenvalue weighted by Gasteiger charge is 2.19. The lowest BCUT2D eigenvalue weighted by Crippen LogP contribution is -2.48. The third-order valence-electron chi connectivity index (χ3n) is 6.18. The van der Waals surface area contributed by atoms with Crippen molar-refractivity contribution in [2.45, 2.75) is 0 Å². The van der Waals surface area contributed by atoms with Crippen LogP contribution in [0.4, 0.5) is 14.5 Å². The van der Waals surface area contributed by atoms with E-state index in [0.29, 0.717) is 41.3 Å². The molecule has 184 valence electrons. The number of carbonyl (C=O) groups is 1. The van der Waals surface area contributed by atoms with Crippen molar-refractivity contribution in [1.82, 2.24) is 20.4 Å². The summed E-state index contributed by atoms with van der Waals surface area (Å²) in [6.07, 6.45) is 0. The minimum Gasteiger partial charge on any atom is -0.367 e. The van der Waals surface area contributed by atoms with Gasteiger partial charge in [0.1, 0.15) is 11.6 Å². The van der Waals surface area contributed by atoms with Crippen LogP contribution < -0.4 is 10.2 Å². The van der Waals surface area contributed by atoms with Crippen LogP contribution in [0.2, 0.25) is 0 Å². The molecule has 1 aliphatic rings. The first-order valence-corrected chi connectivity index (χ1v) is 11.8. The van der Waals surface area contributed by atoms with Crippen molar-refractivity contribution in [2.24, 2.45) is 0 Å². The molecule has 7 nitrogen and oxygen atoms in total. The van der Waals surface area contributed by atoms with Crippen molar-refractivity contribution < 1.29 is 18.1 Å². The molecule has 0 atom stereocenters. The van der Waals surface area contributed by atoms with E-state index in [1.807, 2.05) is 6.07 Å². The standard InChI is InChI=1S/C27H25F2N5O2/c28-22-10-8-19(9-11-22)25-31-27(36-32-25)21-5-3-4-20(18-21)26(35)30-12-13-33-14-16-34(17-15-33)24-7-2-1-6-23(24)29/h1-11,18H,12-17H2,(H,30,35). The van der Waals surface area contributed by atoms with Crippen LogP contribution in [0, 0.1) is 11.6 Å². The molecule has 2 heterocycles. The molecular formula is C27H25F2N5O2. The van der Waals surface area contributed by atoms with E-state index in [9.17, 15) is 13.6 Å². The van der Waals surface area contributed by atoms with Crippen LogP contribution in [-0.2, 0) is 0 Å². The molecule has 1 fully saturated rings. The highest BCUT2D eigenvalue weighted by Crippen LogP contribution is 2.23. The Morgan fingerprint density at radius 3 is 2.47 bits per heavy atom. The van der Waals surface area contributed by atoms with Crippen LogP contribution in [0.25, 0.3) is 22.8 Å². The van der Waals surface area contributed by atoms with E-state index >= 15 is 0 Å². The number of aromatic nitrogens is 2. The fraction of sp³-hybridized carbons (Fsp3) is 0.222. The van der Waals surface area contributed by atoms with E-state index < -0.39 is 0 Å². The van der Waals surface area contributed by atoms with Crippen LogP contribution in [0.5, 0.6) is 0 Å². The van der Waals surface area contributed by atoms with E-state index in [-0.39, 0.29) is 23.4 Å². The SMILES string of the molecule is O=C(NCCN1CCN(c2ccccc2F)CC1)c1cccc(-c2nc(-c3ccc(F)cc3)no2)c1. The zero-order chi connectivity index (χ0) is 24.9. The Balaban J connectivity index is 1.13. The summed E-state index contributed by atoms with van der Waals surface area (Å²) in [5, 5.41) is 6.92. The first-order valence-electron chi connectivity index (χ1n) is 11.8. The van der Waals surface area contributed by atoms with Gasteiger partial charge in [-0.2, -0.15) is 4.98 Å². The second-order valence-electron chi connectivity index (χ2n) is 8.55.